The lowest BCUT2D eigenvalue weighted by atomic mass is 10.1. The average Bonchev–Trinajstić information content (AvgIpc) is 2.62. The first-order valence-electron chi connectivity index (χ1n) is 6.15. The molecule has 0 unspecified atom stereocenters. The number of thiophene rings is 1. The van der Waals surface area contributed by atoms with Gasteiger partial charge in [-0.15, -0.1) is 11.3 Å². The van der Waals surface area contributed by atoms with Gasteiger partial charge in [-0.1, -0.05) is 38.3 Å². The third kappa shape index (κ3) is 5.88. The van der Waals surface area contributed by atoms with Crippen LogP contribution < -0.4 is 5.32 Å². The van der Waals surface area contributed by atoms with Gasteiger partial charge in [0.05, 0.1) is 5.02 Å². The molecule has 0 saturated carbocycles. The molecule has 16 heavy (non-hydrogen) atoms. The molecule has 1 aromatic rings. The van der Waals surface area contributed by atoms with Crippen LogP contribution in [0.4, 0.5) is 0 Å². The second-order valence-corrected chi connectivity index (χ2v) is 5.87. The lowest BCUT2D eigenvalue weighted by Crippen LogP contribution is -2.23. The molecule has 92 valence electrons. The minimum atomic E-state index is 0.616. The highest BCUT2D eigenvalue weighted by Crippen LogP contribution is 2.23. The van der Waals surface area contributed by atoms with Gasteiger partial charge in [0, 0.05) is 10.9 Å². The molecule has 0 aliphatic heterocycles. The fourth-order valence-corrected chi connectivity index (χ4v) is 2.84. The SMILES string of the molecule is CC(C)NCCCCCCc1sccc1Cl. The van der Waals surface area contributed by atoms with Gasteiger partial charge < -0.3 is 5.32 Å². The first kappa shape index (κ1) is 14.0. The van der Waals surface area contributed by atoms with Crippen molar-refractivity contribution in [1.29, 1.82) is 0 Å². The van der Waals surface area contributed by atoms with Gasteiger partial charge in [-0.3, -0.25) is 0 Å². The molecule has 0 fully saturated rings. The Labute approximate surface area is 108 Å². The van der Waals surface area contributed by atoms with Crippen molar-refractivity contribution in [2.24, 2.45) is 0 Å². The predicted molar refractivity (Wildman–Crippen MR) is 74.6 cm³/mol. The van der Waals surface area contributed by atoms with Crippen LogP contribution in [0, 0.1) is 0 Å². The van der Waals surface area contributed by atoms with Crippen molar-refractivity contribution in [3.63, 3.8) is 0 Å². The third-order valence-corrected chi connectivity index (χ3v) is 4.02. The predicted octanol–water partition coefficient (Wildman–Crippen LogP) is 4.50. The molecule has 1 rings (SSSR count). The Kier molecular flexibility index (Phi) is 7.10. The van der Waals surface area contributed by atoms with E-state index in [9.17, 15) is 0 Å². The Morgan fingerprint density at radius 3 is 2.62 bits per heavy atom. The molecule has 0 spiro atoms. The van der Waals surface area contributed by atoms with E-state index in [1.165, 1.54) is 30.6 Å². The zero-order chi connectivity index (χ0) is 11.8. The number of nitrogens with one attached hydrogen (secondary N) is 1. The highest BCUT2D eigenvalue weighted by Gasteiger charge is 2.00. The normalized spacial score (nSPS) is 11.2. The summed E-state index contributed by atoms with van der Waals surface area (Å²) >= 11 is 7.82. The fourth-order valence-electron chi connectivity index (χ4n) is 1.66. The summed E-state index contributed by atoms with van der Waals surface area (Å²) in [6, 6.07) is 2.61. The maximum Gasteiger partial charge on any atom is 0.0544 e. The van der Waals surface area contributed by atoms with Gasteiger partial charge in [0.25, 0.3) is 0 Å². The van der Waals surface area contributed by atoms with Crippen LogP contribution in [0.1, 0.15) is 44.4 Å². The van der Waals surface area contributed by atoms with Crippen LogP contribution in [0.3, 0.4) is 0 Å². The summed E-state index contributed by atoms with van der Waals surface area (Å²) in [6.07, 6.45) is 6.34. The van der Waals surface area contributed by atoms with E-state index in [1.807, 2.05) is 6.07 Å². The first-order chi connectivity index (χ1) is 7.70. The third-order valence-electron chi connectivity index (χ3n) is 2.57. The van der Waals surface area contributed by atoms with E-state index in [0.717, 1.165) is 18.0 Å². The van der Waals surface area contributed by atoms with Gasteiger partial charge in [-0.2, -0.15) is 0 Å². The summed E-state index contributed by atoms with van der Waals surface area (Å²) in [4.78, 5) is 1.35. The Morgan fingerprint density at radius 1 is 1.25 bits per heavy atom. The standard InChI is InChI=1S/C13H22ClNS/c1-11(2)15-9-6-4-3-5-7-13-12(14)8-10-16-13/h8,10-11,15H,3-7,9H2,1-2H3. The van der Waals surface area contributed by atoms with E-state index in [-0.39, 0.29) is 0 Å². The zero-order valence-corrected chi connectivity index (χ0v) is 11.8. The monoisotopic (exact) mass is 259 g/mol. The van der Waals surface area contributed by atoms with Crippen LogP contribution in [0.2, 0.25) is 5.02 Å². The van der Waals surface area contributed by atoms with E-state index in [1.54, 1.807) is 11.3 Å². The van der Waals surface area contributed by atoms with Gasteiger partial charge in [0.2, 0.25) is 0 Å². The van der Waals surface area contributed by atoms with Gasteiger partial charge in [0.1, 0.15) is 0 Å². The average molecular weight is 260 g/mol. The number of unbranched alkanes of at least 4 members (excludes halogenated alkanes) is 3. The molecule has 0 amide bonds. The van der Waals surface area contributed by atoms with Crippen molar-refractivity contribution < 1.29 is 0 Å². The summed E-state index contributed by atoms with van der Waals surface area (Å²) in [5.74, 6) is 0. The van der Waals surface area contributed by atoms with E-state index in [0.29, 0.717) is 6.04 Å². The molecule has 0 bridgehead atoms. The Morgan fingerprint density at radius 2 is 2.00 bits per heavy atom. The molecule has 0 atom stereocenters. The van der Waals surface area contributed by atoms with Gasteiger partial charge >= 0.3 is 0 Å². The summed E-state index contributed by atoms with van der Waals surface area (Å²) in [5.41, 5.74) is 0. The summed E-state index contributed by atoms with van der Waals surface area (Å²) < 4.78 is 0. The molecule has 3 heteroatoms. The molecular weight excluding hydrogens is 238 g/mol. The summed E-state index contributed by atoms with van der Waals surface area (Å²) in [7, 11) is 0. The van der Waals surface area contributed by atoms with Crippen LogP contribution in [-0.4, -0.2) is 12.6 Å². The van der Waals surface area contributed by atoms with Crippen LogP contribution in [-0.2, 0) is 6.42 Å². The maximum absolute atomic E-state index is 6.04. The smallest absolute Gasteiger partial charge is 0.0544 e. The fraction of sp³-hybridized carbons (Fsp3) is 0.692. The highest BCUT2D eigenvalue weighted by atomic mass is 35.5. The number of halogens is 1. The van der Waals surface area contributed by atoms with E-state index < -0.39 is 0 Å². The maximum atomic E-state index is 6.04. The molecule has 0 aliphatic rings. The van der Waals surface area contributed by atoms with Crippen molar-refractivity contribution >= 4 is 22.9 Å². The molecule has 0 aliphatic carbocycles. The quantitative estimate of drug-likeness (QED) is 0.678. The molecule has 0 radical (unpaired) electrons. The lowest BCUT2D eigenvalue weighted by Gasteiger charge is -2.07. The molecule has 0 saturated heterocycles. The summed E-state index contributed by atoms with van der Waals surface area (Å²) in [6.45, 7) is 5.54. The van der Waals surface area contributed by atoms with E-state index in [2.05, 4.69) is 24.5 Å². The lowest BCUT2D eigenvalue weighted by molar-refractivity contribution is 0.542. The van der Waals surface area contributed by atoms with Crippen LogP contribution >= 0.6 is 22.9 Å². The van der Waals surface area contributed by atoms with Gasteiger partial charge in [-0.05, 0) is 37.3 Å². The van der Waals surface area contributed by atoms with Crippen molar-refractivity contribution in [2.75, 3.05) is 6.54 Å². The summed E-state index contributed by atoms with van der Waals surface area (Å²) in [5, 5.41) is 6.46. The van der Waals surface area contributed by atoms with Crippen LogP contribution in [0.5, 0.6) is 0 Å². The second kappa shape index (κ2) is 8.10. The number of hydrogen-bond donors (Lipinski definition) is 1. The highest BCUT2D eigenvalue weighted by molar-refractivity contribution is 7.10. The minimum absolute atomic E-state index is 0.616. The number of rotatable bonds is 8. The van der Waals surface area contributed by atoms with Crippen LogP contribution in [0.25, 0.3) is 0 Å². The van der Waals surface area contributed by atoms with Crippen LogP contribution in [0.15, 0.2) is 11.4 Å². The number of hydrogen-bond acceptors (Lipinski definition) is 2. The topological polar surface area (TPSA) is 12.0 Å². The molecule has 1 N–H and O–H groups in total. The van der Waals surface area contributed by atoms with Crippen molar-refractivity contribution in [3.8, 4) is 0 Å². The Balaban J connectivity index is 1.94. The van der Waals surface area contributed by atoms with E-state index in [4.69, 9.17) is 11.6 Å². The number of aryl methyl sites for hydroxylation is 1. The Hall–Kier alpha value is -0.0500. The molecule has 0 aromatic carbocycles. The molecular formula is C13H22ClNS. The van der Waals surface area contributed by atoms with Gasteiger partial charge in [-0.25, -0.2) is 0 Å². The molecule has 1 heterocycles. The van der Waals surface area contributed by atoms with Crippen molar-refractivity contribution in [1.82, 2.24) is 5.32 Å². The van der Waals surface area contributed by atoms with Crippen molar-refractivity contribution in [3.05, 3.63) is 21.3 Å². The van der Waals surface area contributed by atoms with Gasteiger partial charge in [0.15, 0.2) is 0 Å². The Bertz CT molecular complexity index is 283. The largest absolute Gasteiger partial charge is 0.315 e. The minimum Gasteiger partial charge on any atom is -0.315 e. The first-order valence-corrected chi connectivity index (χ1v) is 7.41. The van der Waals surface area contributed by atoms with E-state index >= 15 is 0 Å². The zero-order valence-electron chi connectivity index (χ0n) is 10.3. The second-order valence-electron chi connectivity index (χ2n) is 4.46. The molecule has 1 aromatic heterocycles. The van der Waals surface area contributed by atoms with Crippen molar-refractivity contribution in [2.45, 2.75) is 52.0 Å². The molecule has 1 nitrogen and oxygen atoms in total.